The number of primary amides is 1. The van der Waals surface area contributed by atoms with Gasteiger partial charge in [-0.15, -0.1) is 0 Å². The van der Waals surface area contributed by atoms with Gasteiger partial charge >= 0.3 is 6.18 Å². The Kier molecular flexibility index (Phi) is 3.63. The molecule has 100 valence electrons. The average molecular weight is 281 g/mol. The lowest BCUT2D eigenvalue weighted by Crippen LogP contribution is -2.27. The first kappa shape index (κ1) is 14.8. The molecule has 0 bridgehead atoms. The summed E-state index contributed by atoms with van der Waals surface area (Å²) in [6, 6.07) is 0.608. The molecule has 2 N–H and O–H groups in total. The van der Waals surface area contributed by atoms with Gasteiger partial charge in [-0.2, -0.15) is 13.2 Å². The monoisotopic (exact) mass is 280 g/mol. The number of nitrogens with two attached hydrogens (primary N) is 1. The van der Waals surface area contributed by atoms with Crippen LogP contribution in [0.25, 0.3) is 0 Å². The SMILES string of the molecule is CC(C)(C)c1nc(Cl)cc(C(F)(F)F)c1C(N)=O. The van der Waals surface area contributed by atoms with E-state index >= 15 is 0 Å². The third-order valence-corrected chi connectivity index (χ3v) is 2.44. The fourth-order valence-electron chi connectivity index (χ4n) is 1.53. The van der Waals surface area contributed by atoms with Gasteiger partial charge in [0.25, 0.3) is 5.91 Å². The van der Waals surface area contributed by atoms with Crippen molar-refractivity contribution in [2.75, 3.05) is 0 Å². The Morgan fingerprint density at radius 2 is 1.83 bits per heavy atom. The standard InChI is InChI=1S/C11H12ClF3N2O/c1-10(2,3)8-7(9(16)18)5(11(13,14)15)4-6(12)17-8/h4H,1-3H3,(H2,16,18). The topological polar surface area (TPSA) is 56.0 Å². The molecule has 1 aromatic rings. The minimum absolute atomic E-state index is 0.0603. The lowest BCUT2D eigenvalue weighted by molar-refractivity contribution is -0.138. The number of carbonyl (C=O) groups is 1. The van der Waals surface area contributed by atoms with Gasteiger partial charge in [0.05, 0.1) is 16.8 Å². The molecule has 18 heavy (non-hydrogen) atoms. The van der Waals surface area contributed by atoms with E-state index in [2.05, 4.69) is 4.98 Å². The van der Waals surface area contributed by atoms with E-state index < -0.39 is 28.6 Å². The van der Waals surface area contributed by atoms with Crippen molar-refractivity contribution in [2.45, 2.75) is 32.4 Å². The highest BCUT2D eigenvalue weighted by molar-refractivity contribution is 6.29. The van der Waals surface area contributed by atoms with Crippen LogP contribution in [0.5, 0.6) is 0 Å². The maximum absolute atomic E-state index is 12.9. The molecule has 0 radical (unpaired) electrons. The zero-order chi connectivity index (χ0) is 14.3. The van der Waals surface area contributed by atoms with Crippen molar-refractivity contribution in [3.8, 4) is 0 Å². The summed E-state index contributed by atoms with van der Waals surface area (Å²) >= 11 is 5.58. The molecular weight excluding hydrogens is 269 g/mol. The lowest BCUT2D eigenvalue weighted by atomic mass is 9.86. The lowest BCUT2D eigenvalue weighted by Gasteiger charge is -2.23. The summed E-state index contributed by atoms with van der Waals surface area (Å²) in [6.45, 7) is 4.87. The fourth-order valence-corrected chi connectivity index (χ4v) is 1.72. The second-order valence-corrected chi connectivity index (χ2v) is 5.22. The normalized spacial score (nSPS) is 12.6. The Balaban J connectivity index is 3.74. The molecule has 3 nitrogen and oxygen atoms in total. The second-order valence-electron chi connectivity index (χ2n) is 4.83. The van der Waals surface area contributed by atoms with Crippen LogP contribution in [0, 0.1) is 0 Å². The maximum atomic E-state index is 12.9. The van der Waals surface area contributed by atoms with Crippen molar-refractivity contribution in [1.29, 1.82) is 0 Å². The number of rotatable bonds is 1. The number of alkyl halides is 3. The molecule has 0 unspecified atom stereocenters. The molecule has 1 heterocycles. The van der Waals surface area contributed by atoms with Crippen LogP contribution in [0.3, 0.4) is 0 Å². The molecule has 0 aliphatic carbocycles. The van der Waals surface area contributed by atoms with Crippen LogP contribution < -0.4 is 5.73 Å². The molecule has 1 aromatic heterocycles. The summed E-state index contributed by atoms with van der Waals surface area (Å²) in [5, 5.41) is -0.322. The Labute approximate surface area is 107 Å². The van der Waals surface area contributed by atoms with Gasteiger partial charge in [0.1, 0.15) is 5.15 Å². The van der Waals surface area contributed by atoms with Crippen molar-refractivity contribution >= 4 is 17.5 Å². The summed E-state index contributed by atoms with van der Waals surface area (Å²) < 4.78 is 38.6. The zero-order valence-electron chi connectivity index (χ0n) is 10.0. The van der Waals surface area contributed by atoms with Crippen LogP contribution >= 0.6 is 11.6 Å². The zero-order valence-corrected chi connectivity index (χ0v) is 10.8. The van der Waals surface area contributed by atoms with E-state index in [0.717, 1.165) is 0 Å². The Morgan fingerprint density at radius 1 is 1.33 bits per heavy atom. The largest absolute Gasteiger partial charge is 0.417 e. The van der Waals surface area contributed by atoms with E-state index in [-0.39, 0.29) is 10.8 Å². The van der Waals surface area contributed by atoms with Gasteiger partial charge in [-0.25, -0.2) is 4.98 Å². The number of pyridine rings is 1. The number of halogens is 4. The van der Waals surface area contributed by atoms with Crippen molar-refractivity contribution in [3.63, 3.8) is 0 Å². The Bertz CT molecular complexity index is 457. The molecule has 0 aliphatic heterocycles. The number of aromatic nitrogens is 1. The Hall–Kier alpha value is -1.30. The van der Waals surface area contributed by atoms with Crippen LogP contribution in [0.1, 0.15) is 42.4 Å². The van der Waals surface area contributed by atoms with Crippen molar-refractivity contribution in [2.24, 2.45) is 5.73 Å². The molecular formula is C11H12ClF3N2O. The predicted molar refractivity (Wildman–Crippen MR) is 61.5 cm³/mol. The highest BCUT2D eigenvalue weighted by Crippen LogP contribution is 2.37. The van der Waals surface area contributed by atoms with Gasteiger partial charge in [-0.05, 0) is 6.07 Å². The summed E-state index contributed by atoms with van der Waals surface area (Å²) in [7, 11) is 0. The van der Waals surface area contributed by atoms with E-state index in [9.17, 15) is 18.0 Å². The van der Waals surface area contributed by atoms with E-state index in [1.807, 2.05) is 0 Å². The number of hydrogen-bond donors (Lipinski definition) is 1. The van der Waals surface area contributed by atoms with Gasteiger partial charge in [0.15, 0.2) is 0 Å². The molecule has 7 heteroatoms. The summed E-state index contributed by atoms with van der Waals surface area (Å²) in [5.74, 6) is -1.17. The quantitative estimate of drug-likeness (QED) is 0.804. The average Bonchev–Trinajstić information content (AvgIpc) is 2.12. The van der Waals surface area contributed by atoms with Gasteiger partial charge in [-0.1, -0.05) is 32.4 Å². The number of carbonyl (C=O) groups excluding carboxylic acids is 1. The summed E-state index contributed by atoms with van der Waals surface area (Å²) in [6.07, 6.45) is -4.71. The molecule has 0 saturated carbocycles. The highest BCUT2D eigenvalue weighted by Gasteiger charge is 2.39. The first-order chi connectivity index (χ1) is 7.94. The van der Waals surface area contributed by atoms with Crippen molar-refractivity contribution in [1.82, 2.24) is 4.98 Å². The van der Waals surface area contributed by atoms with Crippen molar-refractivity contribution in [3.05, 3.63) is 28.0 Å². The van der Waals surface area contributed by atoms with Crippen LogP contribution in [-0.2, 0) is 11.6 Å². The first-order valence-corrected chi connectivity index (χ1v) is 5.40. The Morgan fingerprint density at radius 3 is 2.17 bits per heavy atom. The van der Waals surface area contributed by atoms with E-state index in [1.54, 1.807) is 20.8 Å². The molecule has 1 amide bonds. The molecule has 0 aliphatic rings. The number of nitrogens with zero attached hydrogens (tertiary/aromatic N) is 1. The minimum Gasteiger partial charge on any atom is -0.366 e. The van der Waals surface area contributed by atoms with Crippen LogP contribution in [-0.4, -0.2) is 10.9 Å². The number of amides is 1. The van der Waals surface area contributed by atoms with Gasteiger partial charge < -0.3 is 5.73 Å². The van der Waals surface area contributed by atoms with Crippen LogP contribution in [0.4, 0.5) is 13.2 Å². The third kappa shape index (κ3) is 2.93. The number of hydrogen-bond acceptors (Lipinski definition) is 2. The van der Waals surface area contributed by atoms with E-state index in [4.69, 9.17) is 17.3 Å². The predicted octanol–water partition coefficient (Wildman–Crippen LogP) is 3.15. The first-order valence-electron chi connectivity index (χ1n) is 5.02. The maximum Gasteiger partial charge on any atom is 0.417 e. The molecule has 0 atom stereocenters. The third-order valence-electron chi connectivity index (χ3n) is 2.25. The molecule has 0 spiro atoms. The summed E-state index contributed by atoms with van der Waals surface area (Å²) in [5.41, 5.74) is 2.42. The molecule has 0 fully saturated rings. The molecule has 1 rings (SSSR count). The second kappa shape index (κ2) is 4.42. The van der Waals surface area contributed by atoms with Gasteiger partial charge in [-0.3, -0.25) is 4.79 Å². The minimum atomic E-state index is -4.71. The smallest absolute Gasteiger partial charge is 0.366 e. The molecule has 0 aromatic carbocycles. The van der Waals surface area contributed by atoms with Crippen LogP contribution in [0.2, 0.25) is 5.15 Å². The molecule has 0 saturated heterocycles. The van der Waals surface area contributed by atoms with E-state index in [0.29, 0.717) is 6.07 Å². The highest BCUT2D eigenvalue weighted by atomic mass is 35.5. The van der Waals surface area contributed by atoms with Crippen molar-refractivity contribution < 1.29 is 18.0 Å². The van der Waals surface area contributed by atoms with Crippen LogP contribution in [0.15, 0.2) is 6.07 Å². The van der Waals surface area contributed by atoms with Gasteiger partial charge in [0, 0.05) is 5.41 Å². The van der Waals surface area contributed by atoms with E-state index in [1.165, 1.54) is 0 Å². The summed E-state index contributed by atoms with van der Waals surface area (Å²) in [4.78, 5) is 15.1. The fraction of sp³-hybridized carbons (Fsp3) is 0.455. The van der Waals surface area contributed by atoms with Gasteiger partial charge in [0.2, 0.25) is 0 Å².